The number of nitrogens with zero attached hydrogens (tertiary/aromatic N) is 2. The first-order valence-corrected chi connectivity index (χ1v) is 17.8. The molecule has 0 saturated heterocycles. The van der Waals surface area contributed by atoms with E-state index in [4.69, 9.17) is 19.2 Å². The van der Waals surface area contributed by atoms with E-state index in [1.54, 1.807) is 37.6 Å². The molecule has 0 spiro atoms. The van der Waals surface area contributed by atoms with E-state index < -0.39 is 44.3 Å². The number of nitrogens with one attached hydrogen (secondary N) is 3. The number of aliphatic carboxylic acids is 1. The lowest BCUT2D eigenvalue weighted by Gasteiger charge is -2.23. The van der Waals surface area contributed by atoms with Gasteiger partial charge in [0.25, 0.3) is 0 Å². The summed E-state index contributed by atoms with van der Waals surface area (Å²) in [4.78, 5) is 41.2. The zero-order valence-corrected chi connectivity index (χ0v) is 27.1. The summed E-state index contributed by atoms with van der Waals surface area (Å²) in [6, 6.07) is 5.47. The summed E-state index contributed by atoms with van der Waals surface area (Å²) < 4.78 is 17.9. The Morgan fingerprint density at radius 1 is 1.14 bits per heavy atom. The van der Waals surface area contributed by atoms with Crippen LogP contribution in [-0.2, 0) is 32.2 Å². The van der Waals surface area contributed by atoms with Crippen molar-refractivity contribution in [3.63, 3.8) is 0 Å². The van der Waals surface area contributed by atoms with Crippen molar-refractivity contribution in [3.05, 3.63) is 35.8 Å². The molecule has 42 heavy (non-hydrogen) atoms. The van der Waals surface area contributed by atoms with E-state index in [0.29, 0.717) is 30.2 Å². The molecule has 1 aromatic carbocycles. The highest BCUT2D eigenvalue weighted by molar-refractivity contribution is 6.76. The lowest BCUT2D eigenvalue weighted by atomic mass is 9.99. The molecular formula is C29H47N5O7Si. The largest absolute Gasteiger partial charge is 0.481 e. The molecule has 0 saturated carbocycles. The maximum atomic E-state index is 12.7. The van der Waals surface area contributed by atoms with E-state index in [1.165, 1.54) is 7.11 Å². The lowest BCUT2D eigenvalue weighted by Crippen LogP contribution is -2.37. The van der Waals surface area contributed by atoms with Gasteiger partial charge in [-0.1, -0.05) is 25.7 Å². The van der Waals surface area contributed by atoms with Crippen LogP contribution < -0.4 is 16.0 Å². The molecule has 4 N–H and O–H groups in total. The third-order valence-electron chi connectivity index (χ3n) is 6.10. The van der Waals surface area contributed by atoms with Gasteiger partial charge in [0.05, 0.1) is 19.2 Å². The van der Waals surface area contributed by atoms with E-state index in [-0.39, 0.29) is 6.73 Å². The van der Waals surface area contributed by atoms with Gasteiger partial charge in [-0.25, -0.2) is 14.6 Å². The van der Waals surface area contributed by atoms with Crippen LogP contribution in [0.4, 0.5) is 15.3 Å². The highest BCUT2D eigenvalue weighted by Crippen LogP contribution is 2.30. The standard InChI is InChI=1S/C29H47N5O7Si/c1-29(2,3)41-28(38)33-23(17-25(35)36)26-32-24(18-34(26)19-40-14-15-42(6,7)8)22-12-11-21(31-27(37)39-5)16-20(22)10-9-13-30-4/h11-12,16,18,23,30H,9-10,13-15,17,19H2,1-8H3,(H,31,37)(H,33,38)(H,35,36)/t23-/m0/s1. The fourth-order valence-corrected chi connectivity index (χ4v) is 4.82. The number of carboxylic acids is 1. The third kappa shape index (κ3) is 12.2. The van der Waals surface area contributed by atoms with Crippen LogP contribution in [0, 0.1) is 0 Å². The van der Waals surface area contributed by atoms with E-state index in [0.717, 1.165) is 30.1 Å². The Kier molecular flexibility index (Phi) is 13.0. The zero-order valence-electron chi connectivity index (χ0n) is 26.1. The fraction of sp³-hybridized carbons (Fsp3) is 0.586. The molecule has 2 rings (SSSR count). The predicted molar refractivity (Wildman–Crippen MR) is 164 cm³/mol. The van der Waals surface area contributed by atoms with Gasteiger partial charge >= 0.3 is 18.2 Å². The molecule has 1 aromatic heterocycles. The van der Waals surface area contributed by atoms with Gasteiger partial charge in [0.15, 0.2) is 0 Å². The van der Waals surface area contributed by atoms with Crippen molar-refractivity contribution >= 4 is 31.9 Å². The third-order valence-corrected chi connectivity index (χ3v) is 7.81. The van der Waals surface area contributed by atoms with Crippen molar-refractivity contribution in [2.24, 2.45) is 0 Å². The molecule has 234 valence electrons. The number of benzene rings is 1. The minimum Gasteiger partial charge on any atom is -0.481 e. The monoisotopic (exact) mass is 605 g/mol. The summed E-state index contributed by atoms with van der Waals surface area (Å²) in [6.07, 6.45) is 1.62. The molecule has 0 aliphatic carbocycles. The van der Waals surface area contributed by atoms with Gasteiger partial charge in [0.1, 0.15) is 24.2 Å². The normalized spacial score (nSPS) is 12.5. The molecule has 0 aliphatic heterocycles. The Labute approximate surface area is 249 Å². The molecule has 0 fully saturated rings. The second-order valence-corrected chi connectivity index (χ2v) is 17.9. The number of rotatable bonds is 15. The number of imidazole rings is 1. The van der Waals surface area contributed by atoms with Crippen LogP contribution in [0.25, 0.3) is 11.3 Å². The van der Waals surface area contributed by atoms with Crippen molar-refractivity contribution in [1.29, 1.82) is 0 Å². The van der Waals surface area contributed by atoms with Crippen LogP contribution in [0.5, 0.6) is 0 Å². The number of carboxylic acid groups (broad SMARTS) is 1. The van der Waals surface area contributed by atoms with Crippen molar-refractivity contribution < 1.29 is 33.7 Å². The van der Waals surface area contributed by atoms with Gasteiger partial charge in [-0.05, 0) is 70.9 Å². The quantitative estimate of drug-likeness (QED) is 0.158. The molecule has 2 aromatic rings. The first-order chi connectivity index (χ1) is 19.6. The summed E-state index contributed by atoms with van der Waals surface area (Å²) in [5.41, 5.74) is 2.15. The number of ether oxygens (including phenoxy) is 3. The Hall–Kier alpha value is -3.42. The van der Waals surface area contributed by atoms with Gasteiger partial charge in [0, 0.05) is 32.1 Å². The van der Waals surface area contributed by atoms with Crippen LogP contribution in [0.2, 0.25) is 25.7 Å². The van der Waals surface area contributed by atoms with E-state index in [1.807, 2.05) is 19.2 Å². The number of carbonyl (C=O) groups excluding carboxylic acids is 2. The van der Waals surface area contributed by atoms with Crippen molar-refractivity contribution in [3.8, 4) is 11.3 Å². The molecule has 0 radical (unpaired) electrons. The zero-order chi connectivity index (χ0) is 31.5. The summed E-state index contributed by atoms with van der Waals surface area (Å²) in [5, 5.41) is 18.2. The molecule has 0 unspecified atom stereocenters. The average Bonchev–Trinajstić information content (AvgIpc) is 3.28. The van der Waals surface area contributed by atoms with Crippen LogP contribution in [0.15, 0.2) is 24.4 Å². The molecule has 1 atom stereocenters. The highest BCUT2D eigenvalue weighted by atomic mass is 28.3. The number of methoxy groups -OCH3 is 1. The highest BCUT2D eigenvalue weighted by Gasteiger charge is 2.27. The molecule has 0 bridgehead atoms. The van der Waals surface area contributed by atoms with E-state index >= 15 is 0 Å². The molecule has 13 heteroatoms. The second-order valence-electron chi connectivity index (χ2n) is 12.3. The second kappa shape index (κ2) is 15.7. The number of alkyl carbamates (subject to hydrolysis) is 1. The molecule has 12 nitrogen and oxygen atoms in total. The number of aromatic nitrogens is 2. The Balaban J connectivity index is 2.55. The molecule has 0 aliphatic rings. The van der Waals surface area contributed by atoms with Crippen molar-refractivity contribution in [1.82, 2.24) is 20.2 Å². The summed E-state index contributed by atoms with van der Waals surface area (Å²) >= 11 is 0. The van der Waals surface area contributed by atoms with Crippen LogP contribution in [0.3, 0.4) is 0 Å². The number of carbonyl (C=O) groups is 3. The minimum absolute atomic E-state index is 0.135. The van der Waals surface area contributed by atoms with Crippen molar-refractivity contribution in [2.75, 3.05) is 32.6 Å². The minimum atomic E-state index is -1.33. The Morgan fingerprint density at radius 2 is 1.86 bits per heavy atom. The maximum Gasteiger partial charge on any atom is 0.411 e. The Bertz CT molecular complexity index is 1200. The Morgan fingerprint density at radius 3 is 2.45 bits per heavy atom. The molecule has 1 heterocycles. The summed E-state index contributed by atoms with van der Waals surface area (Å²) in [5.74, 6) is -0.762. The number of hydrogen-bond acceptors (Lipinski definition) is 8. The van der Waals surface area contributed by atoms with Gasteiger partial charge in [0.2, 0.25) is 0 Å². The van der Waals surface area contributed by atoms with Gasteiger partial charge in [-0.15, -0.1) is 0 Å². The van der Waals surface area contributed by atoms with Crippen LogP contribution in [0.1, 0.15) is 51.0 Å². The first kappa shape index (κ1) is 34.8. The SMILES string of the molecule is CNCCCc1cc(NC(=O)OC)ccc1-c1cn(COCC[Si](C)(C)C)c([C@H](CC(=O)O)NC(=O)OC(C)(C)C)n1. The van der Waals surface area contributed by atoms with E-state index in [9.17, 15) is 19.5 Å². The summed E-state index contributed by atoms with van der Waals surface area (Å²) in [6.45, 7) is 13.5. The smallest absolute Gasteiger partial charge is 0.411 e. The van der Waals surface area contributed by atoms with Crippen LogP contribution in [-0.4, -0.2) is 73.8 Å². The maximum absolute atomic E-state index is 12.7. The van der Waals surface area contributed by atoms with Crippen LogP contribution >= 0.6 is 0 Å². The number of aryl methyl sites for hydroxylation is 1. The fourth-order valence-electron chi connectivity index (χ4n) is 4.07. The van der Waals surface area contributed by atoms with Gasteiger partial charge in [-0.2, -0.15) is 0 Å². The summed E-state index contributed by atoms with van der Waals surface area (Å²) in [7, 11) is 1.85. The molecule has 2 amide bonds. The average molecular weight is 606 g/mol. The first-order valence-electron chi connectivity index (χ1n) is 14.1. The van der Waals surface area contributed by atoms with Crippen molar-refractivity contribution in [2.45, 2.75) is 84.1 Å². The van der Waals surface area contributed by atoms with Gasteiger partial charge < -0.3 is 34.5 Å². The van der Waals surface area contributed by atoms with Gasteiger partial charge in [-0.3, -0.25) is 10.1 Å². The number of anilines is 1. The lowest BCUT2D eigenvalue weighted by molar-refractivity contribution is -0.137. The predicted octanol–water partition coefficient (Wildman–Crippen LogP) is 5.23. The number of hydrogen-bond donors (Lipinski definition) is 4. The topological polar surface area (TPSA) is 153 Å². The number of amides is 2. The van der Waals surface area contributed by atoms with E-state index in [2.05, 4.69) is 35.6 Å². The molecular weight excluding hydrogens is 558 g/mol.